The first-order valence-electron chi connectivity index (χ1n) is 14.1. The van der Waals surface area contributed by atoms with Crippen LogP contribution in [0.5, 0.6) is 0 Å². The number of benzene rings is 6. The Hall–Kier alpha value is -5.67. The van der Waals surface area contributed by atoms with Crippen LogP contribution in [0.1, 0.15) is 0 Å². The van der Waals surface area contributed by atoms with Gasteiger partial charge in [0, 0.05) is 34.0 Å². The van der Waals surface area contributed by atoms with Gasteiger partial charge in [0.25, 0.3) is 0 Å². The molecule has 8 rings (SSSR count). The minimum atomic E-state index is 0.674. The zero-order chi connectivity index (χ0) is 27.9. The van der Waals surface area contributed by atoms with Crippen LogP contribution in [-0.4, -0.2) is 4.98 Å². The van der Waals surface area contributed by atoms with Gasteiger partial charge < -0.3 is 9.32 Å². The normalized spacial score (nSPS) is 11.3. The number of hydrogen-bond donors (Lipinski definition) is 0. The summed E-state index contributed by atoms with van der Waals surface area (Å²) in [6, 6.07) is 53.5. The maximum atomic E-state index is 6.05. The van der Waals surface area contributed by atoms with E-state index in [-0.39, 0.29) is 0 Å². The molecule has 0 N–H and O–H groups in total. The van der Waals surface area contributed by atoms with Gasteiger partial charge in [0.2, 0.25) is 5.71 Å². The molecule has 0 saturated heterocycles. The molecule has 8 aromatic rings. The van der Waals surface area contributed by atoms with Crippen molar-refractivity contribution >= 4 is 49.9 Å². The van der Waals surface area contributed by atoms with Crippen molar-refractivity contribution in [2.24, 2.45) is 0 Å². The molecule has 2 heterocycles. The third kappa shape index (κ3) is 4.20. The third-order valence-corrected chi connectivity index (χ3v) is 7.94. The van der Waals surface area contributed by atoms with Gasteiger partial charge in [-0.3, -0.25) is 0 Å². The third-order valence-electron chi connectivity index (χ3n) is 7.94. The van der Waals surface area contributed by atoms with Crippen LogP contribution in [0.4, 0.5) is 17.1 Å². The average molecular weight is 539 g/mol. The van der Waals surface area contributed by atoms with Crippen molar-refractivity contribution in [2.45, 2.75) is 0 Å². The van der Waals surface area contributed by atoms with Crippen LogP contribution in [-0.2, 0) is 0 Å². The van der Waals surface area contributed by atoms with E-state index in [0.717, 1.165) is 39.0 Å². The molecule has 0 amide bonds. The summed E-state index contributed by atoms with van der Waals surface area (Å²) in [6.07, 6.45) is 1.77. The number of nitrogens with zero attached hydrogens (tertiary/aromatic N) is 2. The Bertz CT molecular complexity index is 2170. The van der Waals surface area contributed by atoms with E-state index in [4.69, 9.17) is 4.42 Å². The minimum Gasteiger partial charge on any atom is -0.438 e. The van der Waals surface area contributed by atoms with Gasteiger partial charge in [-0.15, -0.1) is 0 Å². The Balaban J connectivity index is 1.19. The van der Waals surface area contributed by atoms with Gasteiger partial charge in [0.1, 0.15) is 5.58 Å². The number of rotatable bonds is 5. The van der Waals surface area contributed by atoms with Gasteiger partial charge >= 0.3 is 0 Å². The van der Waals surface area contributed by atoms with Crippen molar-refractivity contribution in [3.63, 3.8) is 0 Å². The van der Waals surface area contributed by atoms with Gasteiger partial charge in [-0.2, -0.15) is 0 Å². The molecule has 0 aliphatic rings. The Morgan fingerprint density at radius 3 is 1.74 bits per heavy atom. The van der Waals surface area contributed by atoms with Crippen LogP contribution in [0.3, 0.4) is 0 Å². The molecule has 2 aromatic heterocycles. The molecule has 0 bridgehead atoms. The van der Waals surface area contributed by atoms with Crippen molar-refractivity contribution in [3.8, 4) is 22.3 Å². The minimum absolute atomic E-state index is 0.674. The standard InChI is InChI=1S/C39H26N2O/c1-3-8-27(9-4-1)28-15-20-33(21-16-28)41(32-10-5-2-6-11-32)34-22-17-29(18-23-34)31-14-13-30-19-24-37-38(36(30)26-31)35-12-7-25-40-39(35)42-37/h1-26H. The number of furan rings is 1. The van der Waals surface area contributed by atoms with Crippen LogP contribution in [0.15, 0.2) is 162 Å². The number of para-hydroxylation sites is 1. The van der Waals surface area contributed by atoms with Gasteiger partial charge in [0.05, 0.1) is 0 Å². The summed E-state index contributed by atoms with van der Waals surface area (Å²) in [4.78, 5) is 6.73. The lowest BCUT2D eigenvalue weighted by molar-refractivity contribution is 0.654. The molecule has 198 valence electrons. The summed E-state index contributed by atoms with van der Waals surface area (Å²) in [5, 5.41) is 4.51. The number of pyridine rings is 1. The Morgan fingerprint density at radius 1 is 0.452 bits per heavy atom. The van der Waals surface area contributed by atoms with Crippen LogP contribution in [0.25, 0.3) is 55.1 Å². The highest BCUT2D eigenvalue weighted by molar-refractivity contribution is 6.18. The van der Waals surface area contributed by atoms with E-state index in [1.807, 2.05) is 18.2 Å². The average Bonchev–Trinajstić information content (AvgIpc) is 3.46. The molecule has 0 aliphatic heterocycles. The predicted molar refractivity (Wildman–Crippen MR) is 175 cm³/mol. The van der Waals surface area contributed by atoms with Crippen molar-refractivity contribution < 1.29 is 4.42 Å². The number of anilines is 3. The van der Waals surface area contributed by atoms with Crippen LogP contribution in [0, 0.1) is 0 Å². The zero-order valence-electron chi connectivity index (χ0n) is 22.8. The van der Waals surface area contributed by atoms with Gasteiger partial charge in [-0.05, 0) is 93.7 Å². The summed E-state index contributed by atoms with van der Waals surface area (Å²) in [6.45, 7) is 0. The lowest BCUT2D eigenvalue weighted by atomic mass is 9.98. The van der Waals surface area contributed by atoms with E-state index in [9.17, 15) is 0 Å². The van der Waals surface area contributed by atoms with Crippen molar-refractivity contribution in [1.82, 2.24) is 4.98 Å². The molecular formula is C39H26N2O. The fourth-order valence-corrected chi connectivity index (χ4v) is 5.87. The Morgan fingerprint density at radius 2 is 1.02 bits per heavy atom. The first-order valence-corrected chi connectivity index (χ1v) is 14.1. The van der Waals surface area contributed by atoms with E-state index in [1.165, 1.54) is 27.5 Å². The molecule has 42 heavy (non-hydrogen) atoms. The smallest absolute Gasteiger partial charge is 0.227 e. The molecule has 0 atom stereocenters. The second kappa shape index (κ2) is 10.1. The molecule has 0 saturated carbocycles. The van der Waals surface area contributed by atoms with Crippen molar-refractivity contribution in [3.05, 3.63) is 158 Å². The zero-order valence-corrected chi connectivity index (χ0v) is 22.8. The van der Waals surface area contributed by atoms with Crippen molar-refractivity contribution in [2.75, 3.05) is 4.90 Å². The monoisotopic (exact) mass is 538 g/mol. The van der Waals surface area contributed by atoms with E-state index >= 15 is 0 Å². The molecule has 0 unspecified atom stereocenters. The van der Waals surface area contributed by atoms with E-state index in [0.29, 0.717) is 5.71 Å². The first kappa shape index (κ1) is 24.2. The summed E-state index contributed by atoms with van der Waals surface area (Å²) in [7, 11) is 0. The molecule has 0 aliphatic carbocycles. The molecule has 0 spiro atoms. The molecular weight excluding hydrogens is 512 g/mol. The topological polar surface area (TPSA) is 29.3 Å². The molecule has 0 fully saturated rings. The Labute approximate surface area is 243 Å². The highest BCUT2D eigenvalue weighted by atomic mass is 16.3. The number of fused-ring (bicyclic) bond motifs is 5. The predicted octanol–water partition coefficient (Wildman–Crippen LogP) is 10.9. The number of hydrogen-bond acceptors (Lipinski definition) is 3. The highest BCUT2D eigenvalue weighted by Crippen LogP contribution is 2.38. The highest BCUT2D eigenvalue weighted by Gasteiger charge is 2.14. The fourth-order valence-electron chi connectivity index (χ4n) is 5.87. The molecule has 6 aromatic carbocycles. The Kier molecular flexibility index (Phi) is 5.79. The summed E-state index contributed by atoms with van der Waals surface area (Å²) < 4.78 is 6.05. The second-order valence-electron chi connectivity index (χ2n) is 10.5. The summed E-state index contributed by atoms with van der Waals surface area (Å²) >= 11 is 0. The maximum absolute atomic E-state index is 6.05. The molecule has 0 radical (unpaired) electrons. The van der Waals surface area contributed by atoms with Crippen LogP contribution >= 0.6 is 0 Å². The second-order valence-corrected chi connectivity index (χ2v) is 10.5. The summed E-state index contributed by atoms with van der Waals surface area (Å²) in [5.74, 6) is 0. The molecule has 3 nitrogen and oxygen atoms in total. The largest absolute Gasteiger partial charge is 0.438 e. The van der Waals surface area contributed by atoms with Gasteiger partial charge in [0.15, 0.2) is 0 Å². The van der Waals surface area contributed by atoms with Gasteiger partial charge in [-0.25, -0.2) is 4.98 Å². The van der Waals surface area contributed by atoms with E-state index < -0.39 is 0 Å². The van der Waals surface area contributed by atoms with E-state index in [1.54, 1.807) is 6.20 Å². The van der Waals surface area contributed by atoms with Gasteiger partial charge in [-0.1, -0.05) is 91.0 Å². The SMILES string of the molecule is c1ccc(-c2ccc(N(c3ccccc3)c3ccc(-c4ccc5ccc6oc7ncccc7c6c5c4)cc3)cc2)cc1. The maximum Gasteiger partial charge on any atom is 0.227 e. The lowest BCUT2D eigenvalue weighted by Crippen LogP contribution is -2.09. The molecule has 3 heteroatoms. The number of aromatic nitrogens is 1. The van der Waals surface area contributed by atoms with Crippen molar-refractivity contribution in [1.29, 1.82) is 0 Å². The first-order chi connectivity index (χ1) is 20.8. The van der Waals surface area contributed by atoms with Crippen LogP contribution in [0.2, 0.25) is 0 Å². The summed E-state index contributed by atoms with van der Waals surface area (Å²) in [5.41, 5.74) is 9.62. The van der Waals surface area contributed by atoms with Crippen LogP contribution < -0.4 is 4.90 Å². The lowest BCUT2D eigenvalue weighted by Gasteiger charge is -2.26. The van der Waals surface area contributed by atoms with E-state index in [2.05, 4.69) is 143 Å². The quantitative estimate of drug-likeness (QED) is 0.218. The fraction of sp³-hybridized carbons (Fsp3) is 0.